The van der Waals surface area contributed by atoms with Crippen molar-refractivity contribution in [3.63, 3.8) is 0 Å². The summed E-state index contributed by atoms with van der Waals surface area (Å²) in [5, 5.41) is 3.55. The Labute approximate surface area is 79.1 Å². The monoisotopic (exact) mass is 195 g/mol. The molecule has 4 heteroatoms. The average Bonchev–Trinajstić information content (AvgIpc) is 2.67. The van der Waals surface area contributed by atoms with Crippen LogP contribution >= 0.6 is 0 Å². The third-order valence-corrected chi connectivity index (χ3v) is 1.88. The van der Waals surface area contributed by atoms with Crippen LogP contribution in [0.15, 0.2) is 41.1 Å². The van der Waals surface area contributed by atoms with Crippen LogP contribution in [0, 0.1) is 0 Å². The maximum atomic E-state index is 12.4. The van der Waals surface area contributed by atoms with E-state index in [1.165, 1.54) is 0 Å². The van der Waals surface area contributed by atoms with Crippen LogP contribution in [0.5, 0.6) is 0 Å². The van der Waals surface area contributed by atoms with Gasteiger partial charge in [-0.1, -0.05) is 35.5 Å². The summed E-state index contributed by atoms with van der Waals surface area (Å²) in [6.45, 7) is 0. The Morgan fingerprint density at radius 3 is 2.50 bits per heavy atom. The minimum Gasteiger partial charge on any atom is -0.364 e. The Hall–Kier alpha value is -1.71. The number of hydrogen-bond acceptors (Lipinski definition) is 2. The van der Waals surface area contributed by atoms with E-state index in [1.54, 1.807) is 24.3 Å². The number of rotatable bonds is 2. The van der Waals surface area contributed by atoms with Gasteiger partial charge in [-0.05, 0) is 0 Å². The first-order valence-electron chi connectivity index (χ1n) is 4.07. The fourth-order valence-corrected chi connectivity index (χ4v) is 1.21. The van der Waals surface area contributed by atoms with Gasteiger partial charge < -0.3 is 4.52 Å². The third-order valence-electron chi connectivity index (χ3n) is 1.88. The highest BCUT2D eigenvalue weighted by atomic mass is 19.3. The first kappa shape index (κ1) is 8.87. The number of aromatic nitrogens is 1. The van der Waals surface area contributed by atoms with Crippen LogP contribution in [-0.4, -0.2) is 5.16 Å². The lowest BCUT2D eigenvalue weighted by Gasteiger charge is -1.98. The van der Waals surface area contributed by atoms with Gasteiger partial charge in [-0.3, -0.25) is 0 Å². The maximum Gasteiger partial charge on any atom is 0.269 e. The zero-order valence-corrected chi connectivity index (χ0v) is 7.15. The highest BCUT2D eigenvalue weighted by molar-refractivity contribution is 5.62. The van der Waals surface area contributed by atoms with Gasteiger partial charge in [0.15, 0.2) is 0 Å². The van der Waals surface area contributed by atoms with E-state index in [-0.39, 0.29) is 11.3 Å². The van der Waals surface area contributed by atoms with E-state index >= 15 is 0 Å². The summed E-state index contributed by atoms with van der Waals surface area (Å²) in [5.74, 6) is 0. The van der Waals surface area contributed by atoms with E-state index in [4.69, 9.17) is 0 Å². The molecular weight excluding hydrogens is 188 g/mol. The summed E-state index contributed by atoms with van der Waals surface area (Å²) in [7, 11) is 0. The van der Waals surface area contributed by atoms with Gasteiger partial charge in [-0.2, -0.15) is 0 Å². The normalized spacial score (nSPS) is 10.8. The quantitative estimate of drug-likeness (QED) is 0.734. The van der Waals surface area contributed by atoms with Crippen LogP contribution < -0.4 is 0 Å². The topological polar surface area (TPSA) is 26.0 Å². The second-order valence-electron chi connectivity index (χ2n) is 2.79. The summed E-state index contributed by atoms with van der Waals surface area (Å²) < 4.78 is 29.4. The van der Waals surface area contributed by atoms with E-state index in [0.717, 1.165) is 6.26 Å². The summed E-state index contributed by atoms with van der Waals surface area (Å²) in [4.78, 5) is 0. The van der Waals surface area contributed by atoms with Crippen LogP contribution in [0.1, 0.15) is 12.0 Å². The van der Waals surface area contributed by atoms with Crippen molar-refractivity contribution in [3.8, 4) is 11.3 Å². The molecule has 0 aliphatic carbocycles. The third kappa shape index (κ3) is 1.51. The molecule has 14 heavy (non-hydrogen) atoms. The van der Waals surface area contributed by atoms with Crippen LogP contribution in [0.4, 0.5) is 8.78 Å². The summed E-state index contributed by atoms with van der Waals surface area (Å²) in [5.41, 5.74) is 0.674. The van der Waals surface area contributed by atoms with Gasteiger partial charge in [0.25, 0.3) is 6.43 Å². The van der Waals surface area contributed by atoms with Crippen molar-refractivity contribution in [2.75, 3.05) is 0 Å². The maximum absolute atomic E-state index is 12.4. The smallest absolute Gasteiger partial charge is 0.269 e. The summed E-state index contributed by atoms with van der Waals surface area (Å²) in [6, 6.07) is 8.76. The van der Waals surface area contributed by atoms with E-state index < -0.39 is 6.43 Å². The zero-order valence-electron chi connectivity index (χ0n) is 7.15. The molecule has 0 atom stereocenters. The minimum absolute atomic E-state index is 0.170. The van der Waals surface area contributed by atoms with Gasteiger partial charge in [-0.15, -0.1) is 0 Å². The Balaban J connectivity index is 2.47. The van der Waals surface area contributed by atoms with Gasteiger partial charge in [-0.25, -0.2) is 8.78 Å². The predicted octanol–water partition coefficient (Wildman–Crippen LogP) is 3.28. The fraction of sp³-hybridized carbons (Fsp3) is 0.100. The molecule has 0 amide bonds. The van der Waals surface area contributed by atoms with Crippen LogP contribution in [0.25, 0.3) is 11.3 Å². The van der Waals surface area contributed by atoms with E-state index in [2.05, 4.69) is 9.68 Å². The molecule has 0 N–H and O–H groups in total. The van der Waals surface area contributed by atoms with Crippen molar-refractivity contribution < 1.29 is 13.3 Å². The highest BCUT2D eigenvalue weighted by Gasteiger charge is 2.17. The molecule has 1 aromatic heterocycles. The van der Waals surface area contributed by atoms with Crippen molar-refractivity contribution in [1.29, 1.82) is 0 Å². The van der Waals surface area contributed by atoms with Crippen molar-refractivity contribution in [2.24, 2.45) is 0 Å². The average molecular weight is 195 g/mol. The molecule has 2 nitrogen and oxygen atoms in total. The number of alkyl halides is 2. The Morgan fingerprint density at radius 2 is 1.86 bits per heavy atom. The molecule has 0 spiro atoms. The van der Waals surface area contributed by atoms with Crippen LogP contribution in [-0.2, 0) is 0 Å². The Kier molecular flexibility index (Phi) is 2.26. The highest BCUT2D eigenvalue weighted by Crippen LogP contribution is 2.29. The van der Waals surface area contributed by atoms with Crippen molar-refractivity contribution in [2.45, 2.75) is 6.43 Å². The zero-order chi connectivity index (χ0) is 9.97. The molecule has 0 aliphatic rings. The van der Waals surface area contributed by atoms with Gasteiger partial charge in [0, 0.05) is 5.56 Å². The van der Waals surface area contributed by atoms with E-state index in [1.807, 2.05) is 6.07 Å². The number of halogens is 2. The molecule has 0 aliphatic heterocycles. The predicted molar refractivity (Wildman–Crippen MR) is 46.9 cm³/mol. The molecule has 2 rings (SSSR count). The van der Waals surface area contributed by atoms with Gasteiger partial charge >= 0.3 is 0 Å². The second-order valence-corrected chi connectivity index (χ2v) is 2.79. The largest absolute Gasteiger partial charge is 0.364 e. The first-order valence-corrected chi connectivity index (χ1v) is 4.07. The van der Waals surface area contributed by atoms with Gasteiger partial charge in [0.1, 0.15) is 12.0 Å². The molecule has 72 valence electrons. The standard InChI is InChI=1S/C10H7F2NO/c11-10(12)8-6-14-13-9(8)7-4-2-1-3-5-7/h1-6,10H. The Bertz CT molecular complexity index is 411. The molecule has 0 unspecified atom stereocenters. The number of nitrogens with zero attached hydrogens (tertiary/aromatic N) is 1. The molecule has 1 heterocycles. The molecule has 0 radical (unpaired) electrons. The van der Waals surface area contributed by atoms with E-state index in [0.29, 0.717) is 5.56 Å². The minimum atomic E-state index is -2.56. The number of benzene rings is 1. The van der Waals surface area contributed by atoms with Crippen molar-refractivity contribution in [1.82, 2.24) is 5.16 Å². The van der Waals surface area contributed by atoms with Crippen molar-refractivity contribution in [3.05, 3.63) is 42.2 Å². The molecule has 2 aromatic rings. The lowest BCUT2D eigenvalue weighted by atomic mass is 10.1. The summed E-state index contributed by atoms with van der Waals surface area (Å²) >= 11 is 0. The fourth-order valence-electron chi connectivity index (χ4n) is 1.21. The molecule has 0 fully saturated rings. The molecule has 1 aromatic carbocycles. The van der Waals surface area contributed by atoms with Crippen LogP contribution in [0.2, 0.25) is 0 Å². The van der Waals surface area contributed by atoms with Gasteiger partial charge in [0.05, 0.1) is 5.56 Å². The summed E-state index contributed by atoms with van der Waals surface area (Å²) in [6.07, 6.45) is -1.58. The molecule has 0 saturated heterocycles. The van der Waals surface area contributed by atoms with Crippen LogP contribution in [0.3, 0.4) is 0 Å². The van der Waals surface area contributed by atoms with Gasteiger partial charge in [0.2, 0.25) is 0 Å². The van der Waals surface area contributed by atoms with E-state index in [9.17, 15) is 8.78 Å². The lowest BCUT2D eigenvalue weighted by molar-refractivity contribution is 0.151. The number of hydrogen-bond donors (Lipinski definition) is 0. The SMILES string of the molecule is FC(F)c1conc1-c1ccccc1. The lowest BCUT2D eigenvalue weighted by Crippen LogP contribution is -1.86. The Morgan fingerprint density at radius 1 is 1.14 bits per heavy atom. The second kappa shape index (κ2) is 3.57. The first-order chi connectivity index (χ1) is 6.79. The molecule has 0 bridgehead atoms. The molecule has 0 saturated carbocycles. The molecular formula is C10H7F2NO. The van der Waals surface area contributed by atoms with Crippen molar-refractivity contribution >= 4 is 0 Å².